The van der Waals surface area contributed by atoms with E-state index in [2.05, 4.69) is 5.16 Å². The Morgan fingerprint density at radius 3 is 1.91 bits per heavy atom. The number of hydrogen-bond acceptors (Lipinski definition) is 4. The topological polar surface area (TPSA) is 75.7 Å². The van der Waals surface area contributed by atoms with Gasteiger partial charge in [-0.3, -0.25) is 10.1 Å². The van der Waals surface area contributed by atoms with E-state index in [9.17, 15) is 15.3 Å². The highest BCUT2D eigenvalue weighted by atomic mass is 16.6. The highest BCUT2D eigenvalue weighted by molar-refractivity contribution is 6.16. The van der Waals surface area contributed by atoms with Gasteiger partial charge in [-0.15, -0.1) is 0 Å². The van der Waals surface area contributed by atoms with Gasteiger partial charge in [0.05, 0.1) is 5.92 Å². The summed E-state index contributed by atoms with van der Waals surface area (Å²) in [7, 11) is 0. The monoisotopic (exact) mass is 296 g/mol. The normalized spacial score (nSPS) is 16.6. The van der Waals surface area contributed by atoms with Crippen LogP contribution in [0.25, 0.3) is 0 Å². The Morgan fingerprint density at radius 2 is 1.50 bits per heavy atom. The average molecular weight is 296 g/mol. The number of hydrogen-bond donors (Lipinski definition) is 1. The van der Waals surface area contributed by atoms with Crippen LogP contribution in [0.2, 0.25) is 0 Å². The van der Waals surface area contributed by atoms with Gasteiger partial charge in [0.25, 0.3) is 0 Å². The van der Waals surface area contributed by atoms with Crippen LogP contribution in [0.4, 0.5) is 0 Å². The summed E-state index contributed by atoms with van der Waals surface area (Å²) in [6, 6.07) is 14.8. The fourth-order valence-electron chi connectivity index (χ4n) is 3.22. The van der Waals surface area contributed by atoms with Crippen molar-refractivity contribution in [2.45, 2.75) is 25.3 Å². The van der Waals surface area contributed by atoms with Crippen LogP contribution < -0.4 is 0 Å². The molecule has 0 saturated carbocycles. The number of nitro groups is 1. The number of benzene rings is 2. The van der Waals surface area contributed by atoms with Crippen LogP contribution in [-0.2, 0) is 0 Å². The van der Waals surface area contributed by atoms with Gasteiger partial charge < -0.3 is 5.21 Å². The van der Waals surface area contributed by atoms with Crippen molar-refractivity contribution in [2.75, 3.05) is 0 Å². The van der Waals surface area contributed by atoms with Gasteiger partial charge in [0.15, 0.2) is 0 Å². The molecule has 0 fully saturated rings. The minimum atomic E-state index is -1.17. The zero-order chi connectivity index (χ0) is 15.9. The maximum absolute atomic E-state index is 11.6. The van der Waals surface area contributed by atoms with E-state index in [1.54, 1.807) is 13.8 Å². The lowest BCUT2D eigenvalue weighted by molar-refractivity contribution is -0.563. The molecule has 1 N–H and O–H groups in total. The van der Waals surface area contributed by atoms with Crippen molar-refractivity contribution in [3.05, 3.63) is 80.9 Å². The van der Waals surface area contributed by atoms with Gasteiger partial charge in [-0.05, 0) is 11.1 Å². The van der Waals surface area contributed by atoms with Crippen LogP contribution in [0.3, 0.4) is 0 Å². The maximum Gasteiger partial charge on any atom is 0.227 e. The first-order chi connectivity index (χ1) is 10.5. The molecule has 3 rings (SSSR count). The smallest absolute Gasteiger partial charge is 0.227 e. The van der Waals surface area contributed by atoms with Crippen LogP contribution in [0.15, 0.2) is 53.7 Å². The third-order valence-corrected chi connectivity index (χ3v) is 4.33. The summed E-state index contributed by atoms with van der Waals surface area (Å²) in [4.78, 5) is 11.4. The Hall–Kier alpha value is -2.69. The first kappa shape index (κ1) is 14.3. The molecule has 0 heterocycles. The van der Waals surface area contributed by atoms with Gasteiger partial charge >= 0.3 is 0 Å². The largest absolute Gasteiger partial charge is 0.410 e. The van der Waals surface area contributed by atoms with Crippen LogP contribution in [0.1, 0.15) is 42.0 Å². The van der Waals surface area contributed by atoms with Gasteiger partial charge in [-0.25, -0.2) is 0 Å². The number of nitrogens with zero attached hydrogens (tertiary/aromatic N) is 2. The standard InChI is InChI=1S/C17H16N2O3/c1-17(2,19(21)22)15-11-7-3-5-9-13(11)16(18-20)14-10-6-4-8-12(14)15/h3-10,15,20H,1-2H3. The zero-order valence-electron chi connectivity index (χ0n) is 12.4. The molecule has 0 aromatic heterocycles. The summed E-state index contributed by atoms with van der Waals surface area (Å²) in [5.41, 5.74) is 2.40. The molecule has 0 spiro atoms. The van der Waals surface area contributed by atoms with Crippen LogP contribution >= 0.6 is 0 Å². The summed E-state index contributed by atoms with van der Waals surface area (Å²) in [6.45, 7) is 3.26. The van der Waals surface area contributed by atoms with E-state index < -0.39 is 11.5 Å². The molecule has 0 saturated heterocycles. The van der Waals surface area contributed by atoms with E-state index in [0.29, 0.717) is 5.71 Å². The molecule has 22 heavy (non-hydrogen) atoms. The fourth-order valence-corrected chi connectivity index (χ4v) is 3.22. The van der Waals surface area contributed by atoms with Crippen molar-refractivity contribution in [1.29, 1.82) is 0 Å². The molecule has 0 amide bonds. The molecule has 1 aliphatic rings. The summed E-state index contributed by atoms with van der Waals surface area (Å²) >= 11 is 0. The minimum Gasteiger partial charge on any atom is -0.410 e. The number of oxime groups is 1. The highest BCUT2D eigenvalue weighted by Crippen LogP contribution is 2.44. The predicted molar refractivity (Wildman–Crippen MR) is 83.2 cm³/mol. The van der Waals surface area contributed by atoms with E-state index in [1.807, 2.05) is 48.5 Å². The van der Waals surface area contributed by atoms with Gasteiger partial charge in [0.2, 0.25) is 5.54 Å². The first-order valence-electron chi connectivity index (χ1n) is 7.03. The van der Waals surface area contributed by atoms with Crippen molar-refractivity contribution in [1.82, 2.24) is 0 Å². The second-order valence-corrected chi connectivity index (χ2v) is 5.97. The number of rotatable bonds is 2. The third-order valence-electron chi connectivity index (χ3n) is 4.33. The average Bonchev–Trinajstić information content (AvgIpc) is 2.51. The molecule has 5 heteroatoms. The second kappa shape index (κ2) is 4.94. The third kappa shape index (κ3) is 1.89. The Kier molecular flexibility index (Phi) is 3.20. The Labute approximate surface area is 128 Å². The molecular weight excluding hydrogens is 280 g/mol. The van der Waals surface area contributed by atoms with Gasteiger partial charge in [-0.2, -0.15) is 0 Å². The molecule has 2 aromatic carbocycles. The lowest BCUT2D eigenvalue weighted by atomic mass is 9.69. The van der Waals surface area contributed by atoms with Crippen molar-refractivity contribution >= 4 is 5.71 Å². The van der Waals surface area contributed by atoms with Crippen LogP contribution in [0.5, 0.6) is 0 Å². The van der Waals surface area contributed by atoms with E-state index in [0.717, 1.165) is 22.3 Å². The van der Waals surface area contributed by atoms with E-state index in [4.69, 9.17) is 0 Å². The lowest BCUT2D eigenvalue weighted by Gasteiger charge is -2.34. The second-order valence-electron chi connectivity index (χ2n) is 5.97. The minimum absolute atomic E-state index is 0.244. The van der Waals surface area contributed by atoms with E-state index in [1.165, 1.54) is 0 Å². The summed E-state index contributed by atoms with van der Waals surface area (Å²) in [5.74, 6) is -0.402. The Bertz CT molecular complexity index is 731. The molecular formula is C17H16N2O3. The molecule has 0 bridgehead atoms. The fraction of sp³-hybridized carbons (Fsp3) is 0.235. The van der Waals surface area contributed by atoms with Crippen molar-refractivity contribution in [2.24, 2.45) is 5.16 Å². The van der Waals surface area contributed by atoms with Crippen LogP contribution in [-0.4, -0.2) is 21.4 Å². The predicted octanol–water partition coefficient (Wildman–Crippen LogP) is 3.41. The van der Waals surface area contributed by atoms with Gasteiger partial charge in [-0.1, -0.05) is 53.7 Å². The highest BCUT2D eigenvalue weighted by Gasteiger charge is 2.47. The summed E-state index contributed by atoms with van der Waals surface area (Å²) in [5, 5.41) is 24.5. The molecule has 0 atom stereocenters. The Morgan fingerprint density at radius 1 is 1.05 bits per heavy atom. The SMILES string of the molecule is CC(C)(C1c2ccccc2C(=NO)c2ccccc21)[N+](=O)[O-]. The molecule has 5 nitrogen and oxygen atoms in total. The quantitative estimate of drug-likeness (QED) is 0.524. The zero-order valence-corrected chi connectivity index (χ0v) is 12.4. The molecule has 0 radical (unpaired) electrons. The van der Waals surface area contributed by atoms with E-state index in [-0.39, 0.29) is 4.92 Å². The molecule has 0 aliphatic heterocycles. The van der Waals surface area contributed by atoms with Gasteiger partial charge in [0, 0.05) is 29.9 Å². The molecule has 1 aliphatic carbocycles. The summed E-state index contributed by atoms with van der Waals surface area (Å²) < 4.78 is 0. The summed E-state index contributed by atoms with van der Waals surface area (Å²) in [6.07, 6.45) is 0. The van der Waals surface area contributed by atoms with Crippen LogP contribution in [0, 0.1) is 10.1 Å². The van der Waals surface area contributed by atoms with E-state index >= 15 is 0 Å². The molecule has 2 aromatic rings. The molecule has 112 valence electrons. The molecule has 0 unspecified atom stereocenters. The first-order valence-corrected chi connectivity index (χ1v) is 7.03. The number of fused-ring (bicyclic) bond motifs is 2. The van der Waals surface area contributed by atoms with Gasteiger partial charge in [0.1, 0.15) is 5.71 Å². The lowest BCUT2D eigenvalue weighted by Crippen LogP contribution is -2.41. The van der Waals surface area contributed by atoms with Crippen molar-refractivity contribution in [3.8, 4) is 0 Å². The van der Waals surface area contributed by atoms with Crippen molar-refractivity contribution in [3.63, 3.8) is 0 Å². The maximum atomic E-state index is 11.6. The Balaban J connectivity index is 2.36. The van der Waals surface area contributed by atoms with Crippen molar-refractivity contribution < 1.29 is 10.1 Å².